The quantitative estimate of drug-likeness (QED) is 0.892. The largest absolute Gasteiger partial charge is 0.320 e. The summed E-state index contributed by atoms with van der Waals surface area (Å²) < 4.78 is 27.2. The molecule has 3 rings (SSSR count). The molecule has 2 aromatic rings. The van der Waals surface area contributed by atoms with Gasteiger partial charge in [0.2, 0.25) is 10.0 Å². The molecule has 1 amide bonds. The van der Waals surface area contributed by atoms with Crippen molar-refractivity contribution in [3.63, 3.8) is 0 Å². The van der Waals surface area contributed by atoms with Crippen molar-refractivity contribution in [3.05, 3.63) is 53.9 Å². The molecule has 1 saturated heterocycles. The van der Waals surface area contributed by atoms with Crippen LogP contribution >= 0.6 is 0 Å². The summed E-state index contributed by atoms with van der Waals surface area (Å²) in [5, 5.41) is 2.79. The van der Waals surface area contributed by atoms with E-state index >= 15 is 0 Å². The van der Waals surface area contributed by atoms with Gasteiger partial charge in [-0.3, -0.25) is 9.78 Å². The third kappa shape index (κ3) is 3.78. The molecule has 1 aliphatic heterocycles. The summed E-state index contributed by atoms with van der Waals surface area (Å²) >= 11 is 0. The predicted octanol–water partition coefficient (Wildman–Crippen LogP) is 3.21. The lowest BCUT2D eigenvalue weighted by Crippen LogP contribution is -2.41. The summed E-state index contributed by atoms with van der Waals surface area (Å²) in [5.41, 5.74) is 1.95. The molecule has 0 saturated carbocycles. The topological polar surface area (TPSA) is 79.4 Å². The third-order valence-corrected chi connectivity index (χ3v) is 6.78. The van der Waals surface area contributed by atoms with Crippen molar-refractivity contribution in [2.45, 2.75) is 44.0 Å². The first-order valence-corrected chi connectivity index (χ1v) is 10.2. The molecule has 6 nitrogen and oxygen atoms in total. The number of nitrogens with one attached hydrogen (secondary N) is 1. The van der Waals surface area contributed by atoms with Crippen molar-refractivity contribution in [1.82, 2.24) is 9.29 Å². The zero-order valence-corrected chi connectivity index (χ0v) is 15.8. The first-order valence-electron chi connectivity index (χ1n) is 8.73. The van der Waals surface area contributed by atoms with Gasteiger partial charge in [0.1, 0.15) is 0 Å². The minimum absolute atomic E-state index is 0.00489. The number of rotatable bonds is 4. The van der Waals surface area contributed by atoms with Gasteiger partial charge in [0.05, 0.1) is 16.8 Å². The molecule has 1 aromatic heterocycles. The SMILES string of the molecule is Cc1ccncc1NC(=O)c1ccc(S(=O)(=O)N2CCCCC2C)cc1. The van der Waals surface area contributed by atoms with E-state index in [4.69, 9.17) is 0 Å². The highest BCUT2D eigenvalue weighted by Crippen LogP contribution is 2.25. The van der Waals surface area contributed by atoms with Gasteiger partial charge < -0.3 is 5.32 Å². The minimum atomic E-state index is -3.53. The Morgan fingerprint density at radius 3 is 2.58 bits per heavy atom. The minimum Gasteiger partial charge on any atom is -0.320 e. The average molecular weight is 373 g/mol. The normalized spacial score (nSPS) is 18.5. The molecule has 0 aliphatic carbocycles. The second-order valence-corrected chi connectivity index (χ2v) is 8.52. The Morgan fingerprint density at radius 1 is 1.19 bits per heavy atom. The summed E-state index contributed by atoms with van der Waals surface area (Å²) in [5.74, 6) is -0.295. The van der Waals surface area contributed by atoms with Crippen LogP contribution in [0.15, 0.2) is 47.6 Å². The van der Waals surface area contributed by atoms with E-state index in [2.05, 4.69) is 10.3 Å². The molecule has 1 aromatic carbocycles. The molecular weight excluding hydrogens is 350 g/mol. The number of anilines is 1. The van der Waals surface area contributed by atoms with Crippen LogP contribution in [0, 0.1) is 6.92 Å². The fraction of sp³-hybridized carbons (Fsp3) is 0.368. The van der Waals surface area contributed by atoms with Crippen LogP contribution in [0.4, 0.5) is 5.69 Å². The molecule has 0 bridgehead atoms. The number of piperidine rings is 1. The van der Waals surface area contributed by atoms with Gasteiger partial charge in [0.25, 0.3) is 5.91 Å². The van der Waals surface area contributed by atoms with Crippen LogP contribution in [0.2, 0.25) is 0 Å². The molecule has 1 N–H and O–H groups in total. The fourth-order valence-corrected chi connectivity index (χ4v) is 4.83. The molecule has 2 heterocycles. The van der Waals surface area contributed by atoms with Gasteiger partial charge >= 0.3 is 0 Å². The summed E-state index contributed by atoms with van der Waals surface area (Å²) in [7, 11) is -3.53. The zero-order valence-electron chi connectivity index (χ0n) is 15.0. The number of aromatic nitrogens is 1. The van der Waals surface area contributed by atoms with Gasteiger partial charge in [-0.2, -0.15) is 4.31 Å². The Bertz CT molecular complexity index is 895. The Kier molecular flexibility index (Phi) is 5.38. The van der Waals surface area contributed by atoms with Crippen LogP contribution in [0.1, 0.15) is 42.1 Å². The second-order valence-electron chi connectivity index (χ2n) is 6.63. The highest BCUT2D eigenvalue weighted by molar-refractivity contribution is 7.89. The zero-order chi connectivity index (χ0) is 18.7. The van der Waals surface area contributed by atoms with Gasteiger partial charge in [0, 0.05) is 24.3 Å². The lowest BCUT2D eigenvalue weighted by atomic mass is 10.1. The van der Waals surface area contributed by atoms with Crippen molar-refractivity contribution in [1.29, 1.82) is 0 Å². The number of carbonyl (C=O) groups excluding carboxylic acids is 1. The van der Waals surface area contributed by atoms with E-state index in [1.807, 2.05) is 19.9 Å². The van der Waals surface area contributed by atoms with Crippen LogP contribution in [-0.4, -0.2) is 36.2 Å². The van der Waals surface area contributed by atoms with Crippen LogP contribution < -0.4 is 5.32 Å². The van der Waals surface area contributed by atoms with Gasteiger partial charge in [-0.1, -0.05) is 6.42 Å². The number of carbonyl (C=O) groups is 1. The number of aryl methyl sites for hydroxylation is 1. The van der Waals surface area contributed by atoms with E-state index in [9.17, 15) is 13.2 Å². The predicted molar refractivity (Wildman–Crippen MR) is 101 cm³/mol. The summed E-state index contributed by atoms with van der Waals surface area (Å²) in [6, 6.07) is 7.91. The molecule has 0 spiro atoms. The van der Waals surface area contributed by atoms with Crippen molar-refractivity contribution in [2.24, 2.45) is 0 Å². The van der Waals surface area contributed by atoms with Crippen LogP contribution in [0.3, 0.4) is 0 Å². The highest BCUT2D eigenvalue weighted by Gasteiger charge is 2.30. The maximum Gasteiger partial charge on any atom is 0.255 e. The molecule has 1 aliphatic rings. The molecule has 1 unspecified atom stereocenters. The summed E-state index contributed by atoms with van der Waals surface area (Å²) in [4.78, 5) is 16.6. The first kappa shape index (κ1) is 18.5. The van der Waals surface area contributed by atoms with E-state index in [0.29, 0.717) is 17.8 Å². The number of pyridine rings is 1. The van der Waals surface area contributed by atoms with Gasteiger partial charge in [0.15, 0.2) is 0 Å². The monoisotopic (exact) mass is 373 g/mol. The van der Waals surface area contributed by atoms with Gasteiger partial charge in [-0.25, -0.2) is 8.42 Å². The van der Waals surface area contributed by atoms with Crippen molar-refractivity contribution in [3.8, 4) is 0 Å². The van der Waals surface area contributed by atoms with Crippen LogP contribution in [-0.2, 0) is 10.0 Å². The highest BCUT2D eigenvalue weighted by atomic mass is 32.2. The van der Waals surface area contributed by atoms with E-state index < -0.39 is 10.0 Å². The molecule has 1 fully saturated rings. The molecule has 138 valence electrons. The number of nitrogens with zero attached hydrogens (tertiary/aromatic N) is 2. The van der Waals surface area contributed by atoms with E-state index in [-0.39, 0.29) is 16.8 Å². The molecule has 7 heteroatoms. The third-order valence-electron chi connectivity index (χ3n) is 4.75. The van der Waals surface area contributed by atoms with Gasteiger partial charge in [-0.15, -0.1) is 0 Å². The summed E-state index contributed by atoms with van der Waals surface area (Å²) in [6.45, 7) is 4.37. The Balaban J connectivity index is 1.77. The number of hydrogen-bond donors (Lipinski definition) is 1. The Labute approximate surface area is 154 Å². The van der Waals surface area contributed by atoms with Crippen molar-refractivity contribution < 1.29 is 13.2 Å². The Hall–Kier alpha value is -2.25. The summed E-state index contributed by atoms with van der Waals surface area (Å²) in [6.07, 6.45) is 6.06. The van der Waals surface area contributed by atoms with Crippen molar-refractivity contribution >= 4 is 21.6 Å². The van der Waals surface area contributed by atoms with E-state index in [0.717, 1.165) is 24.8 Å². The second kappa shape index (κ2) is 7.55. The van der Waals surface area contributed by atoms with E-state index in [1.54, 1.807) is 28.8 Å². The molecular formula is C19H23N3O3S. The Morgan fingerprint density at radius 2 is 1.92 bits per heavy atom. The number of benzene rings is 1. The van der Waals surface area contributed by atoms with Gasteiger partial charge in [-0.05, 0) is 62.6 Å². The number of amides is 1. The fourth-order valence-electron chi connectivity index (χ4n) is 3.13. The maximum atomic E-state index is 12.8. The number of hydrogen-bond acceptors (Lipinski definition) is 4. The standard InChI is InChI=1S/C19H23N3O3S/c1-14-10-11-20-13-18(14)21-19(23)16-6-8-17(9-7-16)26(24,25)22-12-4-3-5-15(22)2/h6-11,13,15H,3-5,12H2,1-2H3,(H,21,23). The van der Waals surface area contributed by atoms with Crippen LogP contribution in [0.25, 0.3) is 0 Å². The number of sulfonamides is 1. The lowest BCUT2D eigenvalue weighted by Gasteiger charge is -2.32. The lowest BCUT2D eigenvalue weighted by molar-refractivity contribution is 0.102. The molecule has 26 heavy (non-hydrogen) atoms. The molecule has 0 radical (unpaired) electrons. The first-order chi connectivity index (χ1) is 12.4. The van der Waals surface area contributed by atoms with Crippen LogP contribution in [0.5, 0.6) is 0 Å². The molecule has 1 atom stereocenters. The maximum absolute atomic E-state index is 12.8. The average Bonchev–Trinajstić information content (AvgIpc) is 2.64. The van der Waals surface area contributed by atoms with E-state index in [1.165, 1.54) is 12.1 Å². The van der Waals surface area contributed by atoms with Crippen molar-refractivity contribution in [2.75, 3.05) is 11.9 Å². The smallest absolute Gasteiger partial charge is 0.255 e.